The van der Waals surface area contributed by atoms with Crippen molar-refractivity contribution in [2.24, 2.45) is 0 Å². The Balaban J connectivity index is 2.02. The van der Waals surface area contributed by atoms with E-state index in [9.17, 15) is 4.79 Å². The molecule has 1 heterocycles. The quantitative estimate of drug-likeness (QED) is 0.795. The van der Waals surface area contributed by atoms with E-state index in [4.69, 9.17) is 11.6 Å². The van der Waals surface area contributed by atoms with Crippen LogP contribution >= 0.6 is 11.6 Å². The second kappa shape index (κ2) is 6.40. The number of likely N-dealkylation sites (N-methyl/N-ethyl adjacent to an activating group) is 2. The maximum atomic E-state index is 12.4. The van der Waals surface area contributed by atoms with Crippen LogP contribution in [0.4, 0.5) is 0 Å². The monoisotopic (exact) mass is 280 g/mol. The van der Waals surface area contributed by atoms with Gasteiger partial charge in [-0.25, -0.2) is 0 Å². The average Bonchev–Trinajstić information content (AvgIpc) is 2.46. The van der Waals surface area contributed by atoms with Gasteiger partial charge < -0.3 is 9.80 Å². The van der Waals surface area contributed by atoms with E-state index in [1.54, 1.807) is 0 Å². The van der Waals surface area contributed by atoms with E-state index in [1.165, 1.54) is 0 Å². The van der Waals surface area contributed by atoms with Crippen LogP contribution in [-0.2, 0) is 4.79 Å². The zero-order chi connectivity index (χ0) is 13.8. The van der Waals surface area contributed by atoms with Crippen LogP contribution in [0.3, 0.4) is 0 Å². The summed E-state index contributed by atoms with van der Waals surface area (Å²) in [5.74, 6) is -0.00633. The lowest BCUT2D eigenvalue weighted by Gasteiger charge is -2.36. The summed E-state index contributed by atoms with van der Waals surface area (Å²) >= 11 is 6.30. The van der Waals surface area contributed by atoms with Crippen molar-refractivity contribution in [1.29, 1.82) is 0 Å². The van der Waals surface area contributed by atoms with Crippen molar-refractivity contribution in [3.8, 4) is 0 Å². The Morgan fingerprint density at radius 2 is 2.11 bits per heavy atom. The zero-order valence-corrected chi connectivity index (χ0v) is 12.3. The van der Waals surface area contributed by atoms with Gasteiger partial charge in [0, 0.05) is 19.6 Å². The first kappa shape index (κ1) is 14.4. The van der Waals surface area contributed by atoms with Crippen molar-refractivity contribution in [3.05, 3.63) is 35.9 Å². The Morgan fingerprint density at radius 3 is 2.74 bits per heavy atom. The van der Waals surface area contributed by atoms with Crippen molar-refractivity contribution < 1.29 is 4.79 Å². The lowest BCUT2D eigenvalue weighted by molar-refractivity contribution is -0.132. The van der Waals surface area contributed by atoms with Crippen molar-refractivity contribution in [2.45, 2.75) is 24.3 Å². The third-order valence-corrected chi connectivity index (χ3v) is 4.24. The molecule has 2 rings (SSSR count). The zero-order valence-electron chi connectivity index (χ0n) is 11.6. The predicted molar refractivity (Wildman–Crippen MR) is 78.3 cm³/mol. The van der Waals surface area contributed by atoms with Crippen LogP contribution in [-0.4, -0.2) is 48.9 Å². The first-order valence-electron chi connectivity index (χ1n) is 6.74. The third-order valence-electron chi connectivity index (χ3n) is 3.80. The van der Waals surface area contributed by atoms with E-state index >= 15 is 0 Å². The highest BCUT2D eigenvalue weighted by Crippen LogP contribution is 2.24. The molecule has 0 aliphatic carbocycles. The van der Waals surface area contributed by atoms with E-state index < -0.39 is 5.38 Å². The number of likely N-dealkylation sites (tertiary alicyclic amines) is 1. The van der Waals surface area contributed by atoms with E-state index in [1.807, 2.05) is 42.3 Å². The largest absolute Gasteiger partial charge is 0.340 e. The Labute approximate surface area is 120 Å². The number of alkyl halides is 1. The summed E-state index contributed by atoms with van der Waals surface area (Å²) in [7, 11) is 3.96. The van der Waals surface area contributed by atoms with Gasteiger partial charge in [-0.3, -0.25) is 4.79 Å². The number of rotatable bonds is 3. The van der Waals surface area contributed by atoms with Crippen LogP contribution in [0.1, 0.15) is 23.8 Å². The van der Waals surface area contributed by atoms with Gasteiger partial charge in [0.25, 0.3) is 0 Å². The molecule has 104 valence electrons. The molecule has 1 fully saturated rings. The first-order valence-corrected chi connectivity index (χ1v) is 7.17. The number of hydrogen-bond donors (Lipinski definition) is 0. The number of carbonyl (C=O) groups is 1. The third kappa shape index (κ3) is 3.48. The molecule has 0 spiro atoms. The molecule has 0 aromatic heterocycles. The molecule has 3 nitrogen and oxygen atoms in total. The van der Waals surface area contributed by atoms with Crippen LogP contribution in [0.15, 0.2) is 30.3 Å². The van der Waals surface area contributed by atoms with Crippen LogP contribution < -0.4 is 0 Å². The Bertz CT molecular complexity index is 423. The second-order valence-corrected chi connectivity index (χ2v) is 5.72. The van der Waals surface area contributed by atoms with E-state index in [2.05, 4.69) is 11.9 Å². The number of amides is 1. The fourth-order valence-electron chi connectivity index (χ4n) is 2.58. The van der Waals surface area contributed by atoms with Crippen LogP contribution in [0, 0.1) is 0 Å². The smallest absolute Gasteiger partial charge is 0.245 e. The van der Waals surface area contributed by atoms with Gasteiger partial charge in [-0.05, 0) is 32.0 Å². The molecular weight excluding hydrogens is 260 g/mol. The van der Waals surface area contributed by atoms with E-state index in [0.29, 0.717) is 0 Å². The normalized spacial score (nSPS) is 21.9. The summed E-state index contributed by atoms with van der Waals surface area (Å²) in [5.41, 5.74) is 0.866. The summed E-state index contributed by atoms with van der Waals surface area (Å²) in [6.45, 7) is 2.04. The fourth-order valence-corrected chi connectivity index (χ4v) is 2.88. The second-order valence-electron chi connectivity index (χ2n) is 5.28. The van der Waals surface area contributed by atoms with Crippen molar-refractivity contribution in [3.63, 3.8) is 0 Å². The molecule has 0 bridgehead atoms. The Morgan fingerprint density at radius 1 is 1.42 bits per heavy atom. The van der Waals surface area contributed by atoms with E-state index in [-0.39, 0.29) is 11.9 Å². The minimum atomic E-state index is -0.585. The molecule has 1 aliphatic heterocycles. The highest BCUT2D eigenvalue weighted by molar-refractivity contribution is 6.30. The number of carbonyl (C=O) groups excluding carboxylic acids is 1. The summed E-state index contributed by atoms with van der Waals surface area (Å²) in [6, 6.07) is 9.82. The predicted octanol–water partition coefficient (Wildman–Crippen LogP) is 2.52. The first-order chi connectivity index (χ1) is 9.09. The summed E-state index contributed by atoms with van der Waals surface area (Å²) in [5, 5.41) is -0.585. The molecule has 0 radical (unpaired) electrons. The minimum Gasteiger partial charge on any atom is -0.340 e. The van der Waals surface area contributed by atoms with Gasteiger partial charge in [-0.15, -0.1) is 11.6 Å². The molecule has 0 saturated carbocycles. The number of nitrogens with zero attached hydrogens (tertiary/aromatic N) is 2. The molecule has 1 aromatic rings. The molecule has 1 aliphatic rings. The van der Waals surface area contributed by atoms with Gasteiger partial charge in [0.15, 0.2) is 0 Å². The number of halogens is 1. The van der Waals surface area contributed by atoms with Gasteiger partial charge in [-0.1, -0.05) is 30.3 Å². The Kier molecular flexibility index (Phi) is 4.83. The van der Waals surface area contributed by atoms with E-state index in [0.717, 1.165) is 31.5 Å². The van der Waals surface area contributed by atoms with Gasteiger partial charge in [0.1, 0.15) is 5.38 Å². The number of piperidine rings is 1. The van der Waals surface area contributed by atoms with Gasteiger partial charge in [-0.2, -0.15) is 0 Å². The maximum Gasteiger partial charge on any atom is 0.245 e. The lowest BCUT2D eigenvalue weighted by Crippen LogP contribution is -2.48. The number of benzene rings is 1. The highest BCUT2D eigenvalue weighted by Gasteiger charge is 2.28. The van der Waals surface area contributed by atoms with Gasteiger partial charge in [0.2, 0.25) is 5.91 Å². The topological polar surface area (TPSA) is 23.6 Å². The number of hydrogen-bond acceptors (Lipinski definition) is 2. The minimum absolute atomic E-state index is 0.00633. The summed E-state index contributed by atoms with van der Waals surface area (Å²) in [4.78, 5) is 16.5. The molecule has 19 heavy (non-hydrogen) atoms. The van der Waals surface area contributed by atoms with Crippen molar-refractivity contribution in [2.75, 3.05) is 27.2 Å². The molecular formula is C15H21ClN2O. The molecule has 1 saturated heterocycles. The SMILES string of the molecule is CN1CCCC(N(C)C(=O)C(Cl)c2ccccc2)C1. The van der Waals surface area contributed by atoms with Gasteiger partial charge >= 0.3 is 0 Å². The Hall–Kier alpha value is -1.06. The standard InChI is InChI=1S/C15H21ClN2O/c1-17-10-6-9-13(11-17)18(2)15(19)14(16)12-7-4-3-5-8-12/h3-5,7-8,13-14H,6,9-11H2,1-2H3. The summed E-state index contributed by atoms with van der Waals surface area (Å²) < 4.78 is 0. The average molecular weight is 281 g/mol. The van der Waals surface area contributed by atoms with Crippen molar-refractivity contribution >= 4 is 17.5 Å². The molecule has 0 N–H and O–H groups in total. The summed E-state index contributed by atoms with van der Waals surface area (Å²) in [6.07, 6.45) is 2.20. The van der Waals surface area contributed by atoms with Crippen LogP contribution in [0.25, 0.3) is 0 Å². The lowest BCUT2D eigenvalue weighted by atomic mass is 10.0. The molecule has 1 aromatic carbocycles. The van der Waals surface area contributed by atoms with Crippen LogP contribution in [0.5, 0.6) is 0 Å². The molecule has 4 heteroatoms. The van der Waals surface area contributed by atoms with Crippen LogP contribution in [0.2, 0.25) is 0 Å². The fraction of sp³-hybridized carbons (Fsp3) is 0.533. The van der Waals surface area contributed by atoms with Crippen molar-refractivity contribution in [1.82, 2.24) is 9.80 Å². The highest BCUT2D eigenvalue weighted by atomic mass is 35.5. The maximum absolute atomic E-state index is 12.4. The molecule has 2 atom stereocenters. The van der Waals surface area contributed by atoms with Gasteiger partial charge in [0.05, 0.1) is 0 Å². The molecule has 1 amide bonds. The molecule has 2 unspecified atom stereocenters.